The molecule has 0 heterocycles. The molecule has 2 aromatic rings. The Kier molecular flexibility index (Phi) is 4.38. The lowest BCUT2D eigenvalue weighted by Gasteiger charge is -2.16. The Balaban J connectivity index is 2.49. The van der Waals surface area contributed by atoms with Crippen molar-refractivity contribution in [1.82, 2.24) is 0 Å². The van der Waals surface area contributed by atoms with Crippen molar-refractivity contribution in [2.45, 2.75) is 13.0 Å². The van der Waals surface area contributed by atoms with E-state index in [4.69, 9.17) is 5.73 Å². The summed E-state index contributed by atoms with van der Waals surface area (Å²) >= 11 is 6.84. The number of hydrogen-bond donors (Lipinski definition) is 1. The van der Waals surface area contributed by atoms with Crippen molar-refractivity contribution >= 4 is 31.9 Å². The monoisotopic (exact) mass is 389 g/mol. The van der Waals surface area contributed by atoms with Gasteiger partial charge in [0, 0.05) is 20.6 Å². The zero-order valence-electron chi connectivity index (χ0n) is 10.1. The maximum Gasteiger partial charge on any atom is 0.131 e. The Hall–Kier alpha value is -0.780. The molecule has 0 bridgehead atoms. The molecule has 0 radical (unpaired) electrons. The van der Waals surface area contributed by atoms with Gasteiger partial charge in [-0.3, -0.25) is 0 Å². The summed E-state index contributed by atoms with van der Waals surface area (Å²) in [5, 5.41) is 0. The molecule has 0 amide bonds. The van der Waals surface area contributed by atoms with Crippen LogP contribution in [0.4, 0.5) is 8.78 Å². The van der Waals surface area contributed by atoms with E-state index >= 15 is 0 Å². The highest BCUT2D eigenvalue weighted by atomic mass is 79.9. The summed E-state index contributed by atoms with van der Waals surface area (Å²) in [5.41, 5.74) is 8.12. The SMILES string of the molecule is Cc1cc(Br)c(C(N)c2ccc(F)cc2F)cc1Br. The molecule has 1 nitrogen and oxygen atoms in total. The summed E-state index contributed by atoms with van der Waals surface area (Å²) in [4.78, 5) is 0. The average Bonchev–Trinajstić information content (AvgIpc) is 2.33. The molecule has 5 heteroatoms. The van der Waals surface area contributed by atoms with Crippen LogP contribution in [0, 0.1) is 18.6 Å². The van der Waals surface area contributed by atoms with Crippen LogP contribution in [-0.2, 0) is 0 Å². The fraction of sp³-hybridized carbons (Fsp3) is 0.143. The lowest BCUT2D eigenvalue weighted by molar-refractivity contribution is 0.565. The lowest BCUT2D eigenvalue weighted by atomic mass is 9.98. The molecule has 0 saturated heterocycles. The first-order chi connectivity index (χ1) is 8.90. The van der Waals surface area contributed by atoms with Gasteiger partial charge in [-0.1, -0.05) is 37.9 Å². The molecule has 0 aliphatic heterocycles. The summed E-state index contributed by atoms with van der Waals surface area (Å²) in [6.45, 7) is 1.95. The smallest absolute Gasteiger partial charge is 0.131 e. The number of hydrogen-bond acceptors (Lipinski definition) is 1. The summed E-state index contributed by atoms with van der Waals surface area (Å²) in [7, 11) is 0. The minimum absolute atomic E-state index is 0.262. The van der Waals surface area contributed by atoms with E-state index in [0.29, 0.717) is 0 Å². The van der Waals surface area contributed by atoms with Gasteiger partial charge in [0.15, 0.2) is 0 Å². The highest BCUT2D eigenvalue weighted by Crippen LogP contribution is 2.32. The second-order valence-electron chi connectivity index (χ2n) is 4.27. The van der Waals surface area contributed by atoms with Crippen molar-refractivity contribution in [3.05, 3.63) is 67.6 Å². The predicted octanol–water partition coefficient (Wildman–Crippen LogP) is 4.85. The van der Waals surface area contributed by atoms with Crippen LogP contribution in [-0.4, -0.2) is 0 Å². The Morgan fingerprint density at radius 1 is 1.00 bits per heavy atom. The first-order valence-corrected chi connectivity index (χ1v) is 7.15. The zero-order valence-corrected chi connectivity index (χ0v) is 13.2. The fourth-order valence-electron chi connectivity index (χ4n) is 1.82. The quantitative estimate of drug-likeness (QED) is 0.779. The third-order valence-corrected chi connectivity index (χ3v) is 4.45. The van der Waals surface area contributed by atoms with Crippen molar-refractivity contribution < 1.29 is 8.78 Å². The molecule has 19 heavy (non-hydrogen) atoms. The van der Waals surface area contributed by atoms with Gasteiger partial charge < -0.3 is 5.73 Å². The summed E-state index contributed by atoms with van der Waals surface area (Å²) < 4.78 is 28.4. The zero-order chi connectivity index (χ0) is 14.2. The first-order valence-electron chi connectivity index (χ1n) is 5.56. The van der Waals surface area contributed by atoms with Crippen LogP contribution < -0.4 is 5.73 Å². The maximum atomic E-state index is 13.8. The highest BCUT2D eigenvalue weighted by molar-refractivity contribution is 9.11. The first kappa shape index (κ1) is 14.6. The van der Waals surface area contributed by atoms with Crippen molar-refractivity contribution in [1.29, 1.82) is 0 Å². The normalized spacial score (nSPS) is 12.5. The number of nitrogens with two attached hydrogens (primary N) is 1. The molecule has 0 aliphatic carbocycles. The lowest BCUT2D eigenvalue weighted by Crippen LogP contribution is -2.14. The third kappa shape index (κ3) is 3.04. The van der Waals surface area contributed by atoms with E-state index in [2.05, 4.69) is 31.9 Å². The number of halogens is 4. The van der Waals surface area contributed by atoms with Gasteiger partial charge in [-0.25, -0.2) is 8.78 Å². The van der Waals surface area contributed by atoms with Crippen molar-refractivity contribution in [2.75, 3.05) is 0 Å². The number of benzene rings is 2. The second-order valence-corrected chi connectivity index (χ2v) is 5.98. The molecule has 2 rings (SSSR count). The Bertz CT molecular complexity index is 629. The van der Waals surface area contributed by atoms with Crippen LogP contribution >= 0.6 is 31.9 Å². The van der Waals surface area contributed by atoms with E-state index in [1.807, 2.05) is 19.1 Å². The molecule has 1 unspecified atom stereocenters. The second kappa shape index (κ2) is 5.69. The van der Waals surface area contributed by atoms with E-state index in [1.54, 1.807) is 0 Å². The molecule has 2 N–H and O–H groups in total. The molecular formula is C14H11Br2F2N. The van der Waals surface area contributed by atoms with E-state index in [0.717, 1.165) is 26.1 Å². The van der Waals surface area contributed by atoms with Crippen LogP contribution in [0.3, 0.4) is 0 Å². The summed E-state index contributed by atoms with van der Waals surface area (Å²) in [6, 6.07) is 6.50. The Labute approximate surface area is 127 Å². The van der Waals surface area contributed by atoms with E-state index < -0.39 is 17.7 Å². The van der Waals surface area contributed by atoms with Gasteiger partial charge >= 0.3 is 0 Å². The summed E-state index contributed by atoms with van der Waals surface area (Å²) in [5.74, 6) is -1.26. The molecule has 100 valence electrons. The standard InChI is InChI=1S/C14H11Br2F2N/c1-7-4-12(16)10(6-11(7)15)14(19)9-3-2-8(17)5-13(9)18/h2-6,14H,19H2,1H3. The molecule has 0 aliphatic rings. The van der Waals surface area contributed by atoms with Gasteiger partial charge in [-0.05, 0) is 36.2 Å². The Morgan fingerprint density at radius 3 is 2.32 bits per heavy atom. The minimum atomic E-state index is -0.660. The maximum absolute atomic E-state index is 13.8. The molecule has 0 aromatic heterocycles. The van der Waals surface area contributed by atoms with Crippen molar-refractivity contribution in [3.8, 4) is 0 Å². The topological polar surface area (TPSA) is 26.0 Å². The fourth-order valence-corrected chi connectivity index (χ4v) is 2.89. The number of aryl methyl sites for hydroxylation is 1. The largest absolute Gasteiger partial charge is 0.320 e. The molecule has 1 atom stereocenters. The van der Waals surface area contributed by atoms with E-state index in [9.17, 15) is 8.78 Å². The molecule has 0 fully saturated rings. The van der Waals surface area contributed by atoms with Crippen molar-refractivity contribution in [2.24, 2.45) is 5.73 Å². The average molecular weight is 391 g/mol. The highest BCUT2D eigenvalue weighted by Gasteiger charge is 2.17. The van der Waals surface area contributed by atoms with E-state index in [1.165, 1.54) is 12.1 Å². The van der Waals surface area contributed by atoms with Gasteiger partial charge in [0.1, 0.15) is 11.6 Å². The van der Waals surface area contributed by atoms with E-state index in [-0.39, 0.29) is 5.56 Å². The van der Waals surface area contributed by atoms with Gasteiger partial charge in [-0.2, -0.15) is 0 Å². The molecule has 0 saturated carbocycles. The predicted molar refractivity (Wildman–Crippen MR) is 79.0 cm³/mol. The molecule has 2 aromatic carbocycles. The minimum Gasteiger partial charge on any atom is -0.320 e. The van der Waals surface area contributed by atoms with Crippen molar-refractivity contribution in [3.63, 3.8) is 0 Å². The van der Waals surface area contributed by atoms with Crippen LogP contribution in [0.2, 0.25) is 0 Å². The third-order valence-electron chi connectivity index (χ3n) is 2.91. The summed E-state index contributed by atoms with van der Waals surface area (Å²) in [6.07, 6.45) is 0. The van der Waals surface area contributed by atoms with Crippen LogP contribution in [0.1, 0.15) is 22.7 Å². The molecular weight excluding hydrogens is 380 g/mol. The van der Waals surface area contributed by atoms with Crippen LogP contribution in [0.25, 0.3) is 0 Å². The number of rotatable bonds is 2. The van der Waals surface area contributed by atoms with Crippen LogP contribution in [0.5, 0.6) is 0 Å². The van der Waals surface area contributed by atoms with Gasteiger partial charge in [-0.15, -0.1) is 0 Å². The van der Waals surface area contributed by atoms with Crippen LogP contribution in [0.15, 0.2) is 39.3 Å². The Morgan fingerprint density at radius 2 is 1.68 bits per heavy atom. The van der Waals surface area contributed by atoms with Gasteiger partial charge in [0.2, 0.25) is 0 Å². The van der Waals surface area contributed by atoms with Gasteiger partial charge in [0.25, 0.3) is 0 Å². The molecule has 0 spiro atoms. The van der Waals surface area contributed by atoms with Gasteiger partial charge in [0.05, 0.1) is 6.04 Å².